The van der Waals surface area contributed by atoms with Crippen molar-refractivity contribution in [2.75, 3.05) is 17.1 Å². The largest absolute Gasteiger partial charge is 0.494 e. The molecule has 28 heavy (non-hydrogen) atoms. The third kappa shape index (κ3) is 4.10. The van der Waals surface area contributed by atoms with Gasteiger partial charge in [0.1, 0.15) is 11.3 Å². The number of benzene rings is 2. The van der Waals surface area contributed by atoms with Gasteiger partial charge in [-0.05, 0) is 43.2 Å². The van der Waals surface area contributed by atoms with E-state index < -0.39 is 10.0 Å². The number of rotatable bonds is 6. The molecule has 0 saturated heterocycles. The Labute approximate surface area is 167 Å². The maximum Gasteiger partial charge on any atom is 0.261 e. The smallest absolute Gasteiger partial charge is 0.261 e. The van der Waals surface area contributed by atoms with Gasteiger partial charge in [0, 0.05) is 12.5 Å². The normalized spacial score (nSPS) is 11.4. The fourth-order valence-electron chi connectivity index (χ4n) is 2.57. The minimum atomic E-state index is -3.75. The number of sulfonamides is 1. The van der Waals surface area contributed by atoms with Gasteiger partial charge >= 0.3 is 0 Å². The lowest BCUT2D eigenvalue weighted by molar-refractivity contribution is -0.115. The topological polar surface area (TPSA) is 97.4 Å². The Morgan fingerprint density at radius 1 is 1.18 bits per heavy atom. The van der Waals surface area contributed by atoms with Crippen LogP contribution in [0.2, 0.25) is 0 Å². The number of ether oxygens (including phenoxy) is 1. The summed E-state index contributed by atoms with van der Waals surface area (Å²) in [6.45, 7) is 5.55. The summed E-state index contributed by atoms with van der Waals surface area (Å²) in [4.78, 5) is 16.2. The van der Waals surface area contributed by atoms with Crippen LogP contribution in [-0.2, 0) is 14.8 Å². The molecule has 0 bridgehead atoms. The summed E-state index contributed by atoms with van der Waals surface area (Å²) in [6.07, 6.45) is 0.341. The maximum absolute atomic E-state index is 12.8. The summed E-state index contributed by atoms with van der Waals surface area (Å²) < 4.78 is 34.2. The number of anilines is 2. The van der Waals surface area contributed by atoms with Crippen molar-refractivity contribution in [3.05, 3.63) is 41.5 Å². The van der Waals surface area contributed by atoms with Gasteiger partial charge < -0.3 is 10.1 Å². The summed E-state index contributed by atoms with van der Waals surface area (Å²) in [5.41, 5.74) is 2.84. The van der Waals surface area contributed by atoms with Crippen LogP contribution in [-0.4, -0.2) is 26.4 Å². The molecule has 0 saturated carbocycles. The average Bonchev–Trinajstić information content (AvgIpc) is 3.04. The molecule has 0 atom stereocenters. The standard InChI is InChI=1S/C19H21N3O4S2/c1-5-17(23)20-19-21-18-15(26-4)9-13(10-16(18)27-19)22-28(24,25)14-7-6-11(2)12(3)8-14/h6-10,22H,5H2,1-4H3,(H,20,21,23). The summed E-state index contributed by atoms with van der Waals surface area (Å²) in [7, 11) is -2.27. The Bertz CT molecular complexity index is 1150. The Morgan fingerprint density at radius 2 is 1.93 bits per heavy atom. The highest BCUT2D eigenvalue weighted by atomic mass is 32.2. The summed E-state index contributed by atoms with van der Waals surface area (Å²) in [5.74, 6) is 0.275. The lowest BCUT2D eigenvalue weighted by Crippen LogP contribution is -2.13. The molecular weight excluding hydrogens is 398 g/mol. The predicted molar refractivity (Wildman–Crippen MR) is 112 cm³/mol. The molecule has 2 aromatic carbocycles. The van der Waals surface area contributed by atoms with Crippen LogP contribution in [0.5, 0.6) is 5.75 Å². The van der Waals surface area contributed by atoms with E-state index >= 15 is 0 Å². The van der Waals surface area contributed by atoms with Gasteiger partial charge in [-0.1, -0.05) is 24.3 Å². The lowest BCUT2D eigenvalue weighted by Gasteiger charge is -2.11. The Kier molecular flexibility index (Phi) is 5.57. The van der Waals surface area contributed by atoms with E-state index in [1.807, 2.05) is 13.8 Å². The second kappa shape index (κ2) is 7.76. The molecule has 0 radical (unpaired) electrons. The number of carbonyl (C=O) groups is 1. The zero-order chi connectivity index (χ0) is 20.5. The zero-order valence-corrected chi connectivity index (χ0v) is 17.6. The highest BCUT2D eigenvalue weighted by molar-refractivity contribution is 7.92. The molecule has 1 aromatic heterocycles. The van der Waals surface area contributed by atoms with Crippen LogP contribution >= 0.6 is 11.3 Å². The number of nitrogens with one attached hydrogen (secondary N) is 2. The van der Waals surface area contributed by atoms with Gasteiger partial charge in [0.05, 0.1) is 22.4 Å². The first-order chi connectivity index (χ1) is 13.2. The molecule has 1 heterocycles. The molecule has 9 heteroatoms. The van der Waals surface area contributed by atoms with E-state index in [9.17, 15) is 13.2 Å². The van der Waals surface area contributed by atoms with E-state index in [1.165, 1.54) is 18.4 Å². The minimum Gasteiger partial charge on any atom is -0.494 e. The average molecular weight is 420 g/mol. The fraction of sp³-hybridized carbons (Fsp3) is 0.263. The number of aromatic nitrogens is 1. The van der Waals surface area contributed by atoms with E-state index in [0.29, 0.717) is 33.2 Å². The molecule has 0 aliphatic rings. The van der Waals surface area contributed by atoms with Crippen LogP contribution in [0.4, 0.5) is 10.8 Å². The third-order valence-electron chi connectivity index (χ3n) is 4.29. The molecule has 2 N–H and O–H groups in total. The SMILES string of the molecule is CCC(=O)Nc1nc2c(OC)cc(NS(=O)(=O)c3ccc(C)c(C)c3)cc2s1. The number of amides is 1. The molecule has 148 valence electrons. The first-order valence-electron chi connectivity index (χ1n) is 8.62. The zero-order valence-electron chi connectivity index (χ0n) is 16.0. The number of hydrogen-bond donors (Lipinski definition) is 2. The van der Waals surface area contributed by atoms with E-state index in [0.717, 1.165) is 11.1 Å². The van der Waals surface area contributed by atoms with Crippen molar-refractivity contribution >= 4 is 48.3 Å². The van der Waals surface area contributed by atoms with Crippen molar-refractivity contribution in [2.24, 2.45) is 0 Å². The second-order valence-electron chi connectivity index (χ2n) is 6.30. The lowest BCUT2D eigenvalue weighted by atomic mass is 10.1. The van der Waals surface area contributed by atoms with Crippen LogP contribution < -0.4 is 14.8 Å². The summed E-state index contributed by atoms with van der Waals surface area (Å²) in [6, 6.07) is 8.24. The van der Waals surface area contributed by atoms with Crippen LogP contribution in [0.3, 0.4) is 0 Å². The molecule has 0 unspecified atom stereocenters. The molecule has 7 nitrogen and oxygen atoms in total. The van der Waals surface area contributed by atoms with E-state index in [2.05, 4.69) is 15.0 Å². The molecule has 1 amide bonds. The number of methoxy groups -OCH3 is 1. The van der Waals surface area contributed by atoms with Gasteiger partial charge in [0.15, 0.2) is 5.13 Å². The molecule has 0 fully saturated rings. The van der Waals surface area contributed by atoms with Crippen LogP contribution in [0, 0.1) is 13.8 Å². The molecule has 3 aromatic rings. The van der Waals surface area contributed by atoms with Gasteiger partial charge in [-0.15, -0.1) is 0 Å². The van der Waals surface area contributed by atoms with E-state index in [4.69, 9.17) is 4.74 Å². The van der Waals surface area contributed by atoms with Crippen LogP contribution in [0.15, 0.2) is 35.2 Å². The van der Waals surface area contributed by atoms with Crippen molar-refractivity contribution in [1.82, 2.24) is 4.98 Å². The van der Waals surface area contributed by atoms with Gasteiger partial charge in [-0.25, -0.2) is 13.4 Å². The monoisotopic (exact) mass is 419 g/mol. The summed E-state index contributed by atoms with van der Waals surface area (Å²) in [5, 5.41) is 3.15. The highest BCUT2D eigenvalue weighted by Gasteiger charge is 2.18. The van der Waals surface area contributed by atoms with E-state index in [1.54, 1.807) is 37.3 Å². The van der Waals surface area contributed by atoms with Crippen molar-refractivity contribution in [1.29, 1.82) is 0 Å². The quantitative estimate of drug-likeness (QED) is 0.628. The molecule has 0 spiro atoms. The maximum atomic E-state index is 12.8. The number of fused-ring (bicyclic) bond motifs is 1. The Morgan fingerprint density at radius 3 is 2.57 bits per heavy atom. The number of nitrogens with zero attached hydrogens (tertiary/aromatic N) is 1. The number of carbonyl (C=O) groups excluding carboxylic acids is 1. The first kappa shape index (κ1) is 20.1. The third-order valence-corrected chi connectivity index (χ3v) is 6.59. The van der Waals surface area contributed by atoms with Crippen molar-refractivity contribution in [3.8, 4) is 5.75 Å². The van der Waals surface area contributed by atoms with Crippen molar-refractivity contribution in [2.45, 2.75) is 32.1 Å². The Hall–Kier alpha value is -2.65. The van der Waals surface area contributed by atoms with Gasteiger partial charge in [0.25, 0.3) is 10.0 Å². The van der Waals surface area contributed by atoms with Gasteiger partial charge in [-0.2, -0.15) is 0 Å². The van der Waals surface area contributed by atoms with Crippen molar-refractivity contribution in [3.63, 3.8) is 0 Å². The van der Waals surface area contributed by atoms with Crippen LogP contribution in [0.25, 0.3) is 10.2 Å². The van der Waals surface area contributed by atoms with Crippen molar-refractivity contribution < 1.29 is 17.9 Å². The van der Waals surface area contributed by atoms with Crippen LogP contribution in [0.1, 0.15) is 24.5 Å². The minimum absolute atomic E-state index is 0.145. The summed E-state index contributed by atoms with van der Waals surface area (Å²) >= 11 is 1.25. The Balaban J connectivity index is 1.98. The first-order valence-corrected chi connectivity index (χ1v) is 10.9. The molecule has 0 aliphatic heterocycles. The highest BCUT2D eigenvalue weighted by Crippen LogP contribution is 2.36. The number of aryl methyl sites for hydroxylation is 2. The second-order valence-corrected chi connectivity index (χ2v) is 9.01. The number of hydrogen-bond acceptors (Lipinski definition) is 6. The fourth-order valence-corrected chi connectivity index (χ4v) is 4.63. The molecule has 3 rings (SSSR count). The predicted octanol–water partition coefficient (Wildman–Crippen LogP) is 4.07. The van der Waals surface area contributed by atoms with E-state index in [-0.39, 0.29) is 10.8 Å². The molecule has 0 aliphatic carbocycles. The molecular formula is C19H21N3O4S2. The van der Waals surface area contributed by atoms with Gasteiger partial charge in [0.2, 0.25) is 5.91 Å². The number of thiazole rings is 1. The van der Waals surface area contributed by atoms with Gasteiger partial charge in [-0.3, -0.25) is 9.52 Å².